The van der Waals surface area contributed by atoms with Crippen LogP contribution < -0.4 is 10.6 Å². The molecule has 0 atom stereocenters. The summed E-state index contributed by atoms with van der Waals surface area (Å²) in [4.78, 5) is 30.6. The Morgan fingerprint density at radius 2 is 1.86 bits per heavy atom. The first-order valence-electron chi connectivity index (χ1n) is 7.72. The maximum atomic E-state index is 13.3. The first kappa shape index (κ1) is 19.5. The highest BCUT2D eigenvalue weighted by Crippen LogP contribution is 2.32. The third-order valence-electron chi connectivity index (χ3n) is 3.54. The highest BCUT2D eigenvalue weighted by molar-refractivity contribution is 6.35. The number of rotatable bonds is 5. The number of nitrogens with zero attached hydrogens (tertiary/aromatic N) is 2. The molecule has 0 bridgehead atoms. The monoisotopic (exact) mass is 420 g/mol. The number of halogens is 3. The lowest BCUT2D eigenvalue weighted by atomic mass is 10.2. The number of carbonyl (C=O) groups is 2. The second kappa shape index (κ2) is 8.20. The summed E-state index contributed by atoms with van der Waals surface area (Å²) < 4.78 is 13.3. The maximum Gasteiger partial charge on any atom is 0.328 e. The van der Waals surface area contributed by atoms with Gasteiger partial charge in [0.2, 0.25) is 5.91 Å². The van der Waals surface area contributed by atoms with Gasteiger partial charge in [-0.15, -0.1) is 0 Å². The predicted octanol–water partition coefficient (Wildman–Crippen LogP) is 4.40. The van der Waals surface area contributed by atoms with E-state index in [9.17, 15) is 14.0 Å². The molecule has 0 saturated heterocycles. The fourth-order valence-electron chi connectivity index (χ4n) is 2.30. The van der Waals surface area contributed by atoms with E-state index in [2.05, 4.69) is 20.6 Å². The van der Waals surface area contributed by atoms with E-state index in [1.165, 1.54) is 36.7 Å². The molecule has 1 heterocycles. The average molecular weight is 421 g/mol. The van der Waals surface area contributed by atoms with Gasteiger partial charge in [0.05, 0.1) is 21.2 Å². The minimum absolute atomic E-state index is 0.0513. The SMILES string of the molecule is O=C(O)C=CC(=O)Nc1cc2c(Nc3ccc(F)c(Cl)c3)ncnc2cc1Cl. The van der Waals surface area contributed by atoms with Crippen molar-refractivity contribution in [2.75, 3.05) is 10.6 Å². The van der Waals surface area contributed by atoms with Crippen LogP contribution in [0.25, 0.3) is 10.9 Å². The quantitative estimate of drug-likeness (QED) is 0.528. The van der Waals surface area contributed by atoms with Crippen molar-refractivity contribution in [2.45, 2.75) is 0 Å². The minimum atomic E-state index is -1.25. The van der Waals surface area contributed by atoms with Crippen molar-refractivity contribution in [1.29, 1.82) is 0 Å². The summed E-state index contributed by atoms with van der Waals surface area (Å²) in [7, 11) is 0. The van der Waals surface area contributed by atoms with Crippen molar-refractivity contribution in [2.24, 2.45) is 0 Å². The molecule has 7 nitrogen and oxygen atoms in total. The zero-order valence-electron chi connectivity index (χ0n) is 13.9. The van der Waals surface area contributed by atoms with Crippen molar-refractivity contribution < 1.29 is 19.1 Å². The van der Waals surface area contributed by atoms with Crippen molar-refractivity contribution in [3.8, 4) is 0 Å². The van der Waals surface area contributed by atoms with Gasteiger partial charge < -0.3 is 15.7 Å². The van der Waals surface area contributed by atoms with Crippen LogP contribution in [0.5, 0.6) is 0 Å². The summed E-state index contributed by atoms with van der Waals surface area (Å²) in [5.41, 5.74) is 1.23. The second-order valence-electron chi connectivity index (χ2n) is 5.49. The Morgan fingerprint density at radius 3 is 2.57 bits per heavy atom. The number of benzene rings is 2. The molecule has 1 aromatic heterocycles. The number of hydrogen-bond donors (Lipinski definition) is 3. The van der Waals surface area contributed by atoms with Crippen LogP contribution in [0.3, 0.4) is 0 Å². The van der Waals surface area contributed by atoms with E-state index in [1.807, 2.05) is 0 Å². The lowest BCUT2D eigenvalue weighted by Gasteiger charge is -2.11. The number of nitrogens with one attached hydrogen (secondary N) is 2. The number of amides is 1. The number of hydrogen-bond acceptors (Lipinski definition) is 5. The van der Waals surface area contributed by atoms with Gasteiger partial charge in [-0.3, -0.25) is 4.79 Å². The number of carboxylic acids is 1. The third kappa shape index (κ3) is 4.54. The van der Waals surface area contributed by atoms with Gasteiger partial charge >= 0.3 is 5.97 Å². The summed E-state index contributed by atoms with van der Waals surface area (Å²) in [5, 5.41) is 14.8. The molecule has 0 radical (unpaired) electrons. The van der Waals surface area contributed by atoms with Crippen LogP contribution in [0.1, 0.15) is 0 Å². The number of fused-ring (bicyclic) bond motifs is 1. The highest BCUT2D eigenvalue weighted by Gasteiger charge is 2.11. The summed E-state index contributed by atoms with van der Waals surface area (Å²) in [6.45, 7) is 0. The van der Waals surface area contributed by atoms with Crippen LogP contribution in [-0.2, 0) is 9.59 Å². The van der Waals surface area contributed by atoms with E-state index in [0.717, 1.165) is 6.08 Å². The van der Waals surface area contributed by atoms with Crippen molar-refractivity contribution >= 4 is 63.2 Å². The van der Waals surface area contributed by atoms with Gasteiger partial charge in [0, 0.05) is 23.2 Å². The van der Waals surface area contributed by atoms with Gasteiger partial charge in [-0.1, -0.05) is 23.2 Å². The molecule has 28 heavy (non-hydrogen) atoms. The van der Waals surface area contributed by atoms with Crippen LogP contribution >= 0.6 is 23.2 Å². The van der Waals surface area contributed by atoms with E-state index in [4.69, 9.17) is 28.3 Å². The molecule has 0 aliphatic heterocycles. The Hall–Kier alpha value is -3.23. The number of carbonyl (C=O) groups excluding carboxylic acids is 1. The second-order valence-corrected chi connectivity index (χ2v) is 6.30. The molecule has 0 spiro atoms. The molecule has 0 fully saturated rings. The topological polar surface area (TPSA) is 104 Å². The van der Waals surface area contributed by atoms with Crippen molar-refractivity contribution in [3.63, 3.8) is 0 Å². The molecule has 0 saturated carbocycles. The first-order valence-corrected chi connectivity index (χ1v) is 8.47. The zero-order valence-corrected chi connectivity index (χ0v) is 15.4. The minimum Gasteiger partial charge on any atom is -0.478 e. The molecule has 0 aliphatic carbocycles. The van der Waals surface area contributed by atoms with E-state index in [-0.39, 0.29) is 15.7 Å². The lowest BCUT2D eigenvalue weighted by molar-refractivity contribution is -0.131. The highest BCUT2D eigenvalue weighted by atomic mass is 35.5. The smallest absolute Gasteiger partial charge is 0.328 e. The number of anilines is 3. The van der Waals surface area contributed by atoms with Crippen molar-refractivity contribution in [3.05, 3.63) is 64.7 Å². The third-order valence-corrected chi connectivity index (χ3v) is 4.14. The van der Waals surface area contributed by atoms with Gasteiger partial charge in [-0.25, -0.2) is 19.2 Å². The number of carboxylic acid groups (broad SMARTS) is 1. The van der Waals surface area contributed by atoms with Crippen LogP contribution in [0.4, 0.5) is 21.6 Å². The van der Waals surface area contributed by atoms with Gasteiger partial charge in [-0.2, -0.15) is 0 Å². The normalized spacial score (nSPS) is 11.0. The summed E-state index contributed by atoms with van der Waals surface area (Å²) >= 11 is 12.0. The van der Waals surface area contributed by atoms with Crippen LogP contribution in [-0.4, -0.2) is 27.0 Å². The number of aromatic nitrogens is 2. The van der Waals surface area contributed by atoms with Gasteiger partial charge in [-0.05, 0) is 30.3 Å². The standard InChI is InChI=1S/C18H11Cl2FN4O3/c19-11-5-9(1-2-13(11)21)24-18-10-6-15(25-16(26)3-4-17(27)28)12(20)7-14(10)22-8-23-18/h1-8H,(H,25,26)(H,27,28)(H,22,23,24). The molecule has 3 rings (SSSR count). The molecule has 2 aromatic carbocycles. The van der Waals surface area contributed by atoms with Crippen LogP contribution in [0.2, 0.25) is 10.0 Å². The lowest BCUT2D eigenvalue weighted by Crippen LogP contribution is -2.09. The van der Waals surface area contributed by atoms with Crippen LogP contribution in [0.15, 0.2) is 48.8 Å². The molecule has 3 aromatic rings. The molecule has 3 N–H and O–H groups in total. The fourth-order valence-corrected chi connectivity index (χ4v) is 2.69. The van der Waals surface area contributed by atoms with E-state index in [1.54, 1.807) is 0 Å². The summed E-state index contributed by atoms with van der Waals surface area (Å²) in [6, 6.07) is 7.17. The molecule has 0 unspecified atom stereocenters. The Bertz CT molecular complexity index is 1120. The zero-order chi connectivity index (χ0) is 20.3. The molecule has 10 heteroatoms. The molecular weight excluding hydrogens is 410 g/mol. The maximum absolute atomic E-state index is 13.3. The summed E-state index contributed by atoms with van der Waals surface area (Å²) in [5.74, 6) is -2.09. The Labute approximate surface area is 167 Å². The molecule has 142 valence electrons. The number of aliphatic carboxylic acids is 1. The van der Waals surface area contributed by atoms with Crippen LogP contribution in [0, 0.1) is 5.82 Å². The van der Waals surface area contributed by atoms with E-state index >= 15 is 0 Å². The molecule has 0 aliphatic rings. The fraction of sp³-hybridized carbons (Fsp3) is 0. The first-order chi connectivity index (χ1) is 13.3. The van der Waals surface area contributed by atoms with Gasteiger partial charge in [0.15, 0.2) is 0 Å². The largest absolute Gasteiger partial charge is 0.478 e. The predicted molar refractivity (Wildman–Crippen MR) is 105 cm³/mol. The molecule has 1 amide bonds. The van der Waals surface area contributed by atoms with E-state index in [0.29, 0.717) is 28.5 Å². The van der Waals surface area contributed by atoms with Gasteiger partial charge in [0.25, 0.3) is 0 Å². The Kier molecular flexibility index (Phi) is 5.72. The van der Waals surface area contributed by atoms with Gasteiger partial charge in [0.1, 0.15) is 18.0 Å². The summed E-state index contributed by atoms with van der Waals surface area (Å²) in [6.07, 6.45) is 2.89. The average Bonchev–Trinajstić information content (AvgIpc) is 2.64. The van der Waals surface area contributed by atoms with Crippen molar-refractivity contribution in [1.82, 2.24) is 9.97 Å². The molecular formula is C18H11Cl2FN4O3. The Morgan fingerprint density at radius 1 is 1.07 bits per heavy atom. The van der Waals surface area contributed by atoms with E-state index < -0.39 is 17.7 Å². The Balaban J connectivity index is 1.96.